The van der Waals surface area contributed by atoms with E-state index in [1.165, 1.54) is 17.3 Å². The summed E-state index contributed by atoms with van der Waals surface area (Å²) in [6, 6.07) is 0. The van der Waals surface area contributed by atoms with Crippen molar-refractivity contribution in [1.82, 2.24) is 9.55 Å². The molecular formula is C11H12Br2N2O5. The maximum absolute atomic E-state index is 11.8. The maximum atomic E-state index is 11.8. The summed E-state index contributed by atoms with van der Waals surface area (Å²) in [7, 11) is 0. The lowest BCUT2D eigenvalue weighted by atomic mass is 10.2. The molecule has 0 bridgehead atoms. The fraction of sp³-hybridized carbons (Fsp3) is 0.455. The van der Waals surface area contributed by atoms with Gasteiger partial charge in [0.05, 0.1) is 23.1 Å². The van der Waals surface area contributed by atoms with Crippen LogP contribution in [0, 0.1) is 0 Å². The first-order chi connectivity index (χ1) is 9.49. The number of aromatic nitrogens is 2. The zero-order valence-corrected chi connectivity index (χ0v) is 13.2. The van der Waals surface area contributed by atoms with Crippen LogP contribution in [0.5, 0.6) is 0 Å². The molecule has 0 aromatic carbocycles. The number of halogens is 2. The topological polar surface area (TPSA) is 105 Å². The highest BCUT2D eigenvalue weighted by Gasteiger charge is 2.43. The summed E-state index contributed by atoms with van der Waals surface area (Å²) in [5.74, 6) is 0. The summed E-state index contributed by atoms with van der Waals surface area (Å²) >= 11 is 6.26. The third-order valence-corrected chi connectivity index (χ3v) is 4.38. The smallest absolute Gasteiger partial charge is 0.330 e. The van der Waals surface area contributed by atoms with Crippen LogP contribution < -0.4 is 11.2 Å². The Labute approximate surface area is 130 Å². The molecule has 0 radical (unpaired) electrons. The number of rotatable bonds is 3. The van der Waals surface area contributed by atoms with Gasteiger partial charge in [0, 0.05) is 6.20 Å². The second kappa shape index (κ2) is 6.35. The Morgan fingerprint density at radius 3 is 2.75 bits per heavy atom. The van der Waals surface area contributed by atoms with E-state index in [0.717, 1.165) is 4.57 Å². The average molecular weight is 412 g/mol. The Morgan fingerprint density at radius 1 is 1.50 bits per heavy atom. The minimum atomic E-state index is -1.03. The van der Waals surface area contributed by atoms with Crippen LogP contribution in [0.15, 0.2) is 20.8 Å². The van der Waals surface area contributed by atoms with Gasteiger partial charge in [0.25, 0.3) is 5.56 Å². The van der Waals surface area contributed by atoms with Gasteiger partial charge in [0.1, 0.15) is 6.10 Å². The Balaban J connectivity index is 2.46. The monoisotopic (exact) mass is 410 g/mol. The number of alkyl halides is 1. The first kappa shape index (κ1) is 15.6. The highest BCUT2D eigenvalue weighted by molar-refractivity contribution is 9.11. The van der Waals surface area contributed by atoms with Gasteiger partial charge in [-0.15, -0.1) is 0 Å². The molecular weight excluding hydrogens is 400 g/mol. The van der Waals surface area contributed by atoms with Crippen LogP contribution in [-0.4, -0.2) is 43.4 Å². The van der Waals surface area contributed by atoms with Gasteiger partial charge in [-0.25, -0.2) is 4.79 Å². The van der Waals surface area contributed by atoms with Crippen LogP contribution in [0.25, 0.3) is 6.08 Å². The average Bonchev–Trinajstić information content (AvgIpc) is 2.70. The minimum absolute atomic E-state index is 0.232. The third kappa shape index (κ3) is 2.82. The second-order valence-electron chi connectivity index (χ2n) is 4.23. The van der Waals surface area contributed by atoms with Crippen LogP contribution >= 0.6 is 31.9 Å². The first-order valence-electron chi connectivity index (χ1n) is 5.70. The van der Waals surface area contributed by atoms with Crippen LogP contribution in [0.2, 0.25) is 0 Å². The number of nitrogens with zero attached hydrogens (tertiary/aromatic N) is 1. The van der Waals surface area contributed by atoms with E-state index in [4.69, 9.17) is 9.84 Å². The highest BCUT2D eigenvalue weighted by Crippen LogP contribution is 2.32. The predicted octanol–water partition coefficient (Wildman–Crippen LogP) is -0.0837. The van der Waals surface area contributed by atoms with Crippen molar-refractivity contribution < 1.29 is 14.9 Å². The standard InChI is InChI=1S/C11H12Br2N2O5/c12-2-1-5-3-15(11(19)14-9(5)18)10-8(17)7(13)6(4-16)20-10/h1-3,6-8,10,16-17H,4H2,(H,14,18,19)/b2-1+/t6-,7+,8-,10-/m1/s1. The second-order valence-corrected chi connectivity index (χ2v) is 5.81. The third-order valence-electron chi connectivity index (χ3n) is 2.98. The molecule has 2 rings (SSSR count). The van der Waals surface area contributed by atoms with E-state index in [-0.39, 0.29) is 12.2 Å². The van der Waals surface area contributed by atoms with Crippen molar-refractivity contribution in [3.8, 4) is 0 Å². The van der Waals surface area contributed by atoms with Gasteiger partial charge in [-0.1, -0.05) is 31.9 Å². The lowest BCUT2D eigenvalue weighted by Crippen LogP contribution is -2.37. The van der Waals surface area contributed by atoms with E-state index in [9.17, 15) is 14.7 Å². The first-order valence-corrected chi connectivity index (χ1v) is 7.53. The summed E-state index contributed by atoms with van der Waals surface area (Å²) in [6.07, 6.45) is 0.112. The van der Waals surface area contributed by atoms with Gasteiger partial charge in [0.15, 0.2) is 6.23 Å². The molecule has 0 unspecified atom stereocenters. The molecule has 1 aromatic rings. The minimum Gasteiger partial charge on any atom is -0.394 e. The fourth-order valence-electron chi connectivity index (χ4n) is 1.96. The van der Waals surface area contributed by atoms with Crippen molar-refractivity contribution in [3.63, 3.8) is 0 Å². The quantitative estimate of drug-likeness (QED) is 0.603. The molecule has 3 N–H and O–H groups in total. The zero-order chi connectivity index (χ0) is 14.9. The number of aliphatic hydroxyl groups is 2. The zero-order valence-electron chi connectivity index (χ0n) is 10.1. The SMILES string of the molecule is O=c1[nH]c(=O)n([C@@H]2O[C@H](CO)[C@H](Br)[C@H]2O)cc1/C=C/Br. The number of hydrogen-bond acceptors (Lipinski definition) is 5. The number of H-pyrrole nitrogens is 1. The summed E-state index contributed by atoms with van der Waals surface area (Å²) in [4.78, 5) is 26.5. The Bertz CT molecular complexity index is 626. The molecule has 4 atom stereocenters. The fourth-order valence-corrected chi connectivity index (χ4v) is 2.80. The number of nitrogens with one attached hydrogen (secondary N) is 1. The molecule has 1 aliphatic rings. The molecule has 9 heteroatoms. The maximum Gasteiger partial charge on any atom is 0.330 e. The molecule has 110 valence electrons. The number of aliphatic hydroxyl groups excluding tert-OH is 2. The van der Waals surface area contributed by atoms with Gasteiger partial charge in [-0.2, -0.15) is 0 Å². The van der Waals surface area contributed by atoms with Gasteiger partial charge in [-0.3, -0.25) is 14.3 Å². The van der Waals surface area contributed by atoms with E-state index in [1.807, 2.05) is 0 Å². The predicted molar refractivity (Wildman–Crippen MR) is 79.0 cm³/mol. The van der Waals surface area contributed by atoms with Crippen molar-refractivity contribution >= 4 is 37.9 Å². The molecule has 1 aromatic heterocycles. The van der Waals surface area contributed by atoms with E-state index in [2.05, 4.69) is 36.8 Å². The molecule has 0 amide bonds. The molecule has 20 heavy (non-hydrogen) atoms. The van der Waals surface area contributed by atoms with Crippen molar-refractivity contribution in [2.45, 2.75) is 23.3 Å². The van der Waals surface area contributed by atoms with Crippen LogP contribution in [-0.2, 0) is 4.74 Å². The summed E-state index contributed by atoms with van der Waals surface area (Å²) in [6.45, 7) is -0.296. The summed E-state index contributed by atoms with van der Waals surface area (Å²) in [5.41, 5.74) is -0.997. The molecule has 0 spiro atoms. The normalized spacial score (nSPS) is 30.2. The van der Waals surface area contributed by atoms with E-state index >= 15 is 0 Å². The highest BCUT2D eigenvalue weighted by atomic mass is 79.9. The van der Waals surface area contributed by atoms with Crippen molar-refractivity contribution in [3.05, 3.63) is 37.6 Å². The van der Waals surface area contributed by atoms with Gasteiger partial charge < -0.3 is 14.9 Å². The van der Waals surface area contributed by atoms with Crippen LogP contribution in [0.4, 0.5) is 0 Å². The lowest BCUT2D eigenvalue weighted by Gasteiger charge is -2.17. The van der Waals surface area contributed by atoms with Crippen molar-refractivity contribution in [2.75, 3.05) is 6.61 Å². The van der Waals surface area contributed by atoms with Gasteiger partial charge in [-0.05, 0) is 11.1 Å². The van der Waals surface area contributed by atoms with E-state index in [0.29, 0.717) is 0 Å². The molecule has 0 aliphatic carbocycles. The summed E-state index contributed by atoms with van der Waals surface area (Å²) < 4.78 is 6.53. The van der Waals surface area contributed by atoms with Crippen LogP contribution in [0.1, 0.15) is 11.8 Å². The molecule has 2 heterocycles. The Morgan fingerprint density at radius 2 is 2.20 bits per heavy atom. The Hall–Kier alpha value is -0.740. The van der Waals surface area contributed by atoms with Crippen LogP contribution in [0.3, 0.4) is 0 Å². The van der Waals surface area contributed by atoms with Crippen molar-refractivity contribution in [2.24, 2.45) is 0 Å². The molecule has 1 aliphatic heterocycles. The largest absolute Gasteiger partial charge is 0.394 e. The molecule has 7 nitrogen and oxygen atoms in total. The van der Waals surface area contributed by atoms with E-state index < -0.39 is 34.5 Å². The van der Waals surface area contributed by atoms with Gasteiger partial charge in [0.2, 0.25) is 0 Å². The lowest BCUT2D eigenvalue weighted by molar-refractivity contribution is -0.0530. The molecule has 0 saturated carbocycles. The number of hydrogen-bond donors (Lipinski definition) is 3. The summed E-state index contributed by atoms with van der Waals surface area (Å²) in [5, 5.41) is 19.2. The number of ether oxygens (including phenoxy) is 1. The van der Waals surface area contributed by atoms with Gasteiger partial charge >= 0.3 is 5.69 Å². The molecule has 1 fully saturated rings. The van der Waals surface area contributed by atoms with Crippen molar-refractivity contribution in [1.29, 1.82) is 0 Å². The Kier molecular flexibility index (Phi) is 4.97. The van der Waals surface area contributed by atoms with E-state index in [1.54, 1.807) is 0 Å². The molecule has 1 saturated heterocycles. The number of aromatic amines is 1.